The minimum atomic E-state index is -0.0641. The van der Waals surface area contributed by atoms with Crippen LogP contribution in [0.5, 0.6) is 5.75 Å². The Balaban J connectivity index is 2.05. The van der Waals surface area contributed by atoms with Gasteiger partial charge in [-0.05, 0) is 74.8 Å². The van der Waals surface area contributed by atoms with Crippen LogP contribution in [0.1, 0.15) is 54.5 Å². The Kier molecular flexibility index (Phi) is 7.95. The highest BCUT2D eigenvalue weighted by Gasteiger charge is 2.32. The smallest absolute Gasteiger partial charge is 0.198 e. The highest BCUT2D eigenvalue weighted by molar-refractivity contribution is 7.89. The highest BCUT2D eigenvalue weighted by Crippen LogP contribution is 2.42. The Morgan fingerprint density at radius 2 is 2.00 bits per heavy atom. The SMILES string of the molecule is CCC1(C)CCc2c(C)c(COPCOSOOO)c(C)c(C)c2O1. The van der Waals surface area contributed by atoms with Crippen molar-refractivity contribution in [3.63, 3.8) is 0 Å². The van der Waals surface area contributed by atoms with Crippen LogP contribution in [-0.4, -0.2) is 17.2 Å². The van der Waals surface area contributed by atoms with Crippen molar-refractivity contribution in [3.8, 4) is 5.75 Å². The summed E-state index contributed by atoms with van der Waals surface area (Å²) in [5.41, 5.74) is 6.20. The first-order chi connectivity index (χ1) is 11.9. The van der Waals surface area contributed by atoms with Crippen LogP contribution < -0.4 is 4.74 Å². The van der Waals surface area contributed by atoms with E-state index in [9.17, 15) is 0 Å². The molecule has 1 aromatic rings. The van der Waals surface area contributed by atoms with Crippen LogP contribution in [0.15, 0.2) is 0 Å². The van der Waals surface area contributed by atoms with Crippen LogP contribution in [0.4, 0.5) is 0 Å². The second-order valence-corrected chi connectivity index (χ2v) is 7.85. The summed E-state index contributed by atoms with van der Waals surface area (Å²) in [6.07, 6.45) is 3.45. The summed E-state index contributed by atoms with van der Waals surface area (Å²) in [5.74, 6) is 1.07. The molecule has 0 saturated heterocycles. The van der Waals surface area contributed by atoms with E-state index in [1.807, 2.05) is 0 Å². The molecule has 0 spiro atoms. The molecule has 2 rings (SSSR count). The summed E-state index contributed by atoms with van der Waals surface area (Å²) in [6, 6.07) is 0. The second-order valence-electron chi connectivity index (χ2n) is 6.47. The molecule has 25 heavy (non-hydrogen) atoms. The van der Waals surface area contributed by atoms with Gasteiger partial charge in [0, 0.05) is 8.81 Å². The molecular formula is C17H27O6PS. The van der Waals surface area contributed by atoms with Crippen LogP contribution >= 0.6 is 21.1 Å². The van der Waals surface area contributed by atoms with Gasteiger partial charge in [0.05, 0.1) is 6.61 Å². The molecule has 1 heterocycles. The average Bonchev–Trinajstić information content (AvgIpc) is 2.61. The third kappa shape index (κ3) is 5.07. The van der Waals surface area contributed by atoms with E-state index in [1.165, 1.54) is 27.8 Å². The first-order valence-corrected chi connectivity index (χ1v) is 10.1. The molecule has 2 atom stereocenters. The van der Waals surface area contributed by atoms with Crippen molar-refractivity contribution in [2.24, 2.45) is 0 Å². The molecule has 0 saturated carbocycles. The fourth-order valence-corrected chi connectivity index (χ4v) is 3.87. The van der Waals surface area contributed by atoms with Gasteiger partial charge < -0.3 is 9.26 Å². The van der Waals surface area contributed by atoms with E-state index >= 15 is 0 Å². The molecule has 1 aliphatic rings. The molecule has 0 bridgehead atoms. The van der Waals surface area contributed by atoms with Crippen LogP contribution in [0, 0.1) is 20.8 Å². The lowest BCUT2D eigenvalue weighted by Gasteiger charge is -2.37. The predicted octanol–water partition coefficient (Wildman–Crippen LogP) is 5.17. The van der Waals surface area contributed by atoms with Gasteiger partial charge in [-0.1, -0.05) is 12.0 Å². The van der Waals surface area contributed by atoms with Crippen molar-refractivity contribution in [3.05, 3.63) is 27.8 Å². The molecule has 0 amide bonds. The van der Waals surface area contributed by atoms with Gasteiger partial charge >= 0.3 is 0 Å². The molecular weight excluding hydrogens is 363 g/mol. The summed E-state index contributed by atoms with van der Waals surface area (Å²) in [6.45, 7) is 11.3. The van der Waals surface area contributed by atoms with Crippen LogP contribution in [-0.2, 0) is 31.1 Å². The van der Waals surface area contributed by atoms with Crippen LogP contribution in [0.3, 0.4) is 0 Å². The topological polar surface area (TPSA) is 66.4 Å². The second kappa shape index (κ2) is 9.51. The number of fused-ring (bicyclic) bond motifs is 1. The predicted molar refractivity (Wildman–Crippen MR) is 99.7 cm³/mol. The summed E-state index contributed by atoms with van der Waals surface area (Å²) >= 11 is 0.567. The van der Waals surface area contributed by atoms with Crippen molar-refractivity contribution in [1.29, 1.82) is 0 Å². The number of ether oxygens (including phenoxy) is 1. The first kappa shape index (κ1) is 20.9. The lowest BCUT2D eigenvalue weighted by Crippen LogP contribution is -2.36. The Bertz CT molecular complexity index is 597. The normalized spacial score (nSPS) is 20.1. The van der Waals surface area contributed by atoms with Crippen molar-refractivity contribution in [2.45, 2.75) is 66.1 Å². The minimum Gasteiger partial charge on any atom is -0.487 e. The lowest BCUT2D eigenvalue weighted by molar-refractivity contribution is -0.434. The van der Waals surface area contributed by atoms with Gasteiger partial charge in [-0.3, -0.25) is 4.18 Å². The van der Waals surface area contributed by atoms with E-state index in [0.717, 1.165) is 25.0 Å². The highest BCUT2D eigenvalue weighted by atomic mass is 32.2. The van der Waals surface area contributed by atoms with Crippen molar-refractivity contribution < 1.29 is 28.1 Å². The van der Waals surface area contributed by atoms with Crippen molar-refractivity contribution >= 4 is 21.1 Å². The summed E-state index contributed by atoms with van der Waals surface area (Å²) in [7, 11) is 0.167. The largest absolute Gasteiger partial charge is 0.487 e. The van der Waals surface area contributed by atoms with E-state index in [-0.39, 0.29) is 14.4 Å². The molecule has 8 heteroatoms. The summed E-state index contributed by atoms with van der Waals surface area (Å²) < 4.78 is 21.3. The van der Waals surface area contributed by atoms with Crippen LogP contribution in [0.25, 0.3) is 0 Å². The molecule has 0 fully saturated rings. The first-order valence-electron chi connectivity index (χ1n) is 8.35. The fraction of sp³-hybridized carbons (Fsp3) is 0.647. The number of benzene rings is 1. The van der Waals surface area contributed by atoms with Gasteiger partial charge in [0.15, 0.2) is 12.3 Å². The van der Waals surface area contributed by atoms with Gasteiger partial charge in [0.25, 0.3) is 0 Å². The summed E-state index contributed by atoms with van der Waals surface area (Å²) in [4.78, 5) is 0. The Labute approximate surface area is 155 Å². The molecule has 0 aromatic heterocycles. The number of hydrogen-bond acceptors (Lipinski definition) is 7. The third-order valence-corrected chi connectivity index (χ3v) is 6.23. The van der Waals surface area contributed by atoms with Gasteiger partial charge in [0.1, 0.15) is 17.7 Å². The monoisotopic (exact) mass is 390 g/mol. The van der Waals surface area contributed by atoms with Gasteiger partial charge in [-0.25, -0.2) is 5.26 Å². The molecule has 6 nitrogen and oxygen atoms in total. The molecule has 0 radical (unpaired) electrons. The summed E-state index contributed by atoms with van der Waals surface area (Å²) in [5, 5.41) is 11.4. The van der Waals surface area contributed by atoms with E-state index in [4.69, 9.17) is 18.7 Å². The van der Waals surface area contributed by atoms with Gasteiger partial charge in [-0.15, -0.1) is 4.33 Å². The maximum absolute atomic E-state index is 7.99. The minimum absolute atomic E-state index is 0.0641. The number of hydrogen-bond donors (Lipinski definition) is 1. The lowest BCUT2D eigenvalue weighted by atomic mass is 9.84. The van der Waals surface area contributed by atoms with E-state index < -0.39 is 0 Å². The number of rotatable bonds is 9. The van der Waals surface area contributed by atoms with E-state index in [1.54, 1.807) is 0 Å². The Morgan fingerprint density at radius 1 is 1.24 bits per heavy atom. The third-order valence-electron chi connectivity index (χ3n) is 5.08. The standard InChI is InChI=1S/C17H27O6PS/c1-6-17(5)8-7-14-13(4)15(11(2)12(3)16(14)21-17)9-19-24-10-20-25-23-22-18/h18,24H,6-10H2,1-5H3. The molecule has 1 aliphatic heterocycles. The Morgan fingerprint density at radius 3 is 2.68 bits per heavy atom. The molecule has 2 unspecified atom stereocenters. The maximum atomic E-state index is 7.99. The van der Waals surface area contributed by atoms with E-state index in [0.29, 0.717) is 25.3 Å². The molecule has 0 aliphatic carbocycles. The Hall–Kier alpha value is -0.400. The quantitative estimate of drug-likeness (QED) is 0.205. The molecule has 1 N–H and O–H groups in total. The van der Waals surface area contributed by atoms with Crippen molar-refractivity contribution in [1.82, 2.24) is 0 Å². The van der Waals surface area contributed by atoms with Gasteiger partial charge in [-0.2, -0.15) is 0 Å². The fourth-order valence-electron chi connectivity index (χ4n) is 3.09. The maximum Gasteiger partial charge on any atom is 0.198 e. The van der Waals surface area contributed by atoms with Crippen molar-refractivity contribution in [2.75, 3.05) is 6.35 Å². The molecule has 1 aromatic carbocycles. The zero-order chi connectivity index (χ0) is 18.4. The van der Waals surface area contributed by atoms with E-state index in [2.05, 4.69) is 44.0 Å². The van der Waals surface area contributed by atoms with Crippen LogP contribution in [0.2, 0.25) is 0 Å². The zero-order valence-corrected chi connectivity index (χ0v) is 17.2. The zero-order valence-electron chi connectivity index (χ0n) is 15.4. The molecule has 142 valence electrons. The average molecular weight is 390 g/mol. The van der Waals surface area contributed by atoms with Gasteiger partial charge in [0.2, 0.25) is 0 Å².